The number of aromatic nitrogens is 2. The second kappa shape index (κ2) is 8.30. The van der Waals surface area contributed by atoms with Crippen LogP contribution in [-0.4, -0.2) is 36.1 Å². The van der Waals surface area contributed by atoms with Crippen LogP contribution in [-0.2, 0) is 6.42 Å². The van der Waals surface area contributed by atoms with Gasteiger partial charge in [-0.05, 0) is 54.8 Å². The first-order chi connectivity index (χ1) is 13.7. The molecule has 0 radical (unpaired) electrons. The van der Waals surface area contributed by atoms with Crippen molar-refractivity contribution in [1.29, 1.82) is 0 Å². The van der Waals surface area contributed by atoms with Gasteiger partial charge in [-0.1, -0.05) is 31.2 Å². The third kappa shape index (κ3) is 4.25. The molecular formula is C23H27N5. The van der Waals surface area contributed by atoms with E-state index >= 15 is 0 Å². The lowest BCUT2D eigenvalue weighted by atomic mass is 10.1. The third-order valence-corrected chi connectivity index (χ3v) is 5.21. The van der Waals surface area contributed by atoms with E-state index in [4.69, 9.17) is 4.98 Å². The van der Waals surface area contributed by atoms with Crippen molar-refractivity contribution >= 4 is 23.1 Å². The molecule has 1 N–H and O–H groups in total. The van der Waals surface area contributed by atoms with Crippen molar-refractivity contribution in [3.8, 4) is 0 Å². The summed E-state index contributed by atoms with van der Waals surface area (Å²) in [6.45, 7) is 8.09. The Bertz CT molecular complexity index is 914. The maximum absolute atomic E-state index is 4.73. The van der Waals surface area contributed by atoms with Gasteiger partial charge in [0, 0.05) is 43.8 Å². The Kier molecular flexibility index (Phi) is 5.42. The van der Waals surface area contributed by atoms with Gasteiger partial charge in [-0.2, -0.15) is 4.98 Å². The Hall–Kier alpha value is -3.08. The fourth-order valence-corrected chi connectivity index (χ4v) is 3.53. The van der Waals surface area contributed by atoms with Crippen molar-refractivity contribution < 1.29 is 0 Å². The van der Waals surface area contributed by atoms with Crippen LogP contribution in [0, 0.1) is 6.92 Å². The molecule has 1 saturated heterocycles. The first-order valence-electron chi connectivity index (χ1n) is 9.97. The van der Waals surface area contributed by atoms with Crippen molar-refractivity contribution in [3.63, 3.8) is 0 Å². The summed E-state index contributed by atoms with van der Waals surface area (Å²) in [5.41, 5.74) is 4.98. The van der Waals surface area contributed by atoms with Crippen LogP contribution in [0.4, 0.5) is 23.1 Å². The van der Waals surface area contributed by atoms with E-state index in [9.17, 15) is 0 Å². The van der Waals surface area contributed by atoms with Crippen molar-refractivity contribution in [2.75, 3.05) is 41.3 Å². The Morgan fingerprint density at radius 1 is 0.929 bits per heavy atom. The summed E-state index contributed by atoms with van der Waals surface area (Å²) in [7, 11) is 0. The van der Waals surface area contributed by atoms with Gasteiger partial charge in [0.25, 0.3) is 0 Å². The summed E-state index contributed by atoms with van der Waals surface area (Å²) >= 11 is 0. The molecule has 0 saturated carbocycles. The highest BCUT2D eigenvalue weighted by Crippen LogP contribution is 2.21. The van der Waals surface area contributed by atoms with Crippen molar-refractivity contribution in [1.82, 2.24) is 9.97 Å². The minimum absolute atomic E-state index is 0.791. The zero-order chi connectivity index (χ0) is 19.3. The van der Waals surface area contributed by atoms with Gasteiger partial charge in [-0.3, -0.25) is 0 Å². The van der Waals surface area contributed by atoms with E-state index in [0.717, 1.165) is 50.1 Å². The molecular weight excluding hydrogens is 346 g/mol. The number of rotatable bonds is 5. The molecule has 1 aliphatic rings. The Morgan fingerprint density at radius 2 is 1.68 bits per heavy atom. The average molecular weight is 374 g/mol. The quantitative estimate of drug-likeness (QED) is 0.717. The molecule has 2 aromatic carbocycles. The Morgan fingerprint density at radius 3 is 2.39 bits per heavy atom. The number of nitrogens with one attached hydrogen (secondary N) is 1. The number of hydrogen-bond acceptors (Lipinski definition) is 5. The number of hydrogen-bond donors (Lipinski definition) is 1. The van der Waals surface area contributed by atoms with Crippen LogP contribution < -0.4 is 15.1 Å². The maximum Gasteiger partial charge on any atom is 0.227 e. The zero-order valence-corrected chi connectivity index (χ0v) is 16.6. The standard InChI is InChI=1S/C23H27N5/c1-3-19-7-9-20(10-8-19)25-22-11-12-24-23(26-22)28-15-13-27(14-16-28)21-6-4-5-18(2)17-21/h4-12,17H,3,13-16H2,1-2H3,(H,24,25,26). The smallest absolute Gasteiger partial charge is 0.227 e. The highest BCUT2D eigenvalue weighted by Gasteiger charge is 2.19. The zero-order valence-electron chi connectivity index (χ0n) is 16.6. The van der Waals surface area contributed by atoms with Crippen LogP contribution in [0.2, 0.25) is 0 Å². The van der Waals surface area contributed by atoms with Crippen molar-refractivity contribution in [2.24, 2.45) is 0 Å². The van der Waals surface area contributed by atoms with Crippen LogP contribution in [0.1, 0.15) is 18.1 Å². The first kappa shape index (κ1) is 18.3. The lowest BCUT2D eigenvalue weighted by Gasteiger charge is -2.36. The molecule has 0 spiro atoms. The topological polar surface area (TPSA) is 44.3 Å². The van der Waals surface area contributed by atoms with Gasteiger partial charge in [0.05, 0.1) is 0 Å². The maximum atomic E-state index is 4.73. The van der Waals surface area contributed by atoms with Gasteiger partial charge < -0.3 is 15.1 Å². The summed E-state index contributed by atoms with van der Waals surface area (Å²) in [6.07, 6.45) is 2.88. The van der Waals surface area contributed by atoms with E-state index in [2.05, 4.69) is 82.5 Å². The molecule has 1 aromatic heterocycles. The predicted molar refractivity (Wildman–Crippen MR) is 117 cm³/mol. The lowest BCUT2D eigenvalue weighted by molar-refractivity contribution is 0.640. The van der Waals surface area contributed by atoms with Crippen LogP contribution in [0.15, 0.2) is 60.8 Å². The SMILES string of the molecule is CCc1ccc(Nc2ccnc(N3CCN(c4cccc(C)c4)CC3)n2)cc1. The van der Waals surface area contributed by atoms with E-state index in [-0.39, 0.29) is 0 Å². The van der Waals surface area contributed by atoms with Crippen LogP contribution in [0.25, 0.3) is 0 Å². The number of piperazine rings is 1. The molecule has 0 atom stereocenters. The first-order valence-corrected chi connectivity index (χ1v) is 9.97. The van der Waals surface area contributed by atoms with Gasteiger partial charge in [0.15, 0.2) is 0 Å². The summed E-state index contributed by atoms with van der Waals surface area (Å²) in [6, 6.07) is 19.1. The molecule has 3 aromatic rings. The minimum atomic E-state index is 0.791. The van der Waals surface area contributed by atoms with Gasteiger partial charge in [0.1, 0.15) is 5.82 Å². The monoisotopic (exact) mass is 373 g/mol. The van der Waals surface area contributed by atoms with Crippen LogP contribution >= 0.6 is 0 Å². The van der Waals surface area contributed by atoms with E-state index in [1.54, 1.807) is 0 Å². The average Bonchev–Trinajstić information content (AvgIpc) is 2.75. The molecule has 4 rings (SSSR count). The van der Waals surface area contributed by atoms with E-state index in [1.165, 1.54) is 16.8 Å². The highest BCUT2D eigenvalue weighted by atomic mass is 15.3. The molecule has 144 valence electrons. The molecule has 5 nitrogen and oxygen atoms in total. The normalized spacial score (nSPS) is 14.2. The molecule has 5 heteroatoms. The van der Waals surface area contributed by atoms with Gasteiger partial charge in [0.2, 0.25) is 5.95 Å². The second-order valence-corrected chi connectivity index (χ2v) is 7.23. The van der Waals surface area contributed by atoms with Gasteiger partial charge >= 0.3 is 0 Å². The van der Waals surface area contributed by atoms with E-state index in [0.29, 0.717) is 0 Å². The molecule has 0 unspecified atom stereocenters. The Labute approximate surface area is 167 Å². The summed E-state index contributed by atoms with van der Waals surface area (Å²) < 4.78 is 0. The van der Waals surface area contributed by atoms with Gasteiger partial charge in [-0.25, -0.2) is 4.98 Å². The van der Waals surface area contributed by atoms with Crippen molar-refractivity contribution in [3.05, 3.63) is 71.9 Å². The van der Waals surface area contributed by atoms with E-state index in [1.807, 2.05) is 12.3 Å². The van der Waals surface area contributed by atoms with E-state index < -0.39 is 0 Å². The second-order valence-electron chi connectivity index (χ2n) is 7.23. The number of aryl methyl sites for hydroxylation is 2. The number of anilines is 4. The molecule has 0 bridgehead atoms. The molecule has 0 amide bonds. The van der Waals surface area contributed by atoms with Crippen LogP contribution in [0.5, 0.6) is 0 Å². The molecule has 1 aliphatic heterocycles. The third-order valence-electron chi connectivity index (χ3n) is 5.21. The molecule has 1 fully saturated rings. The minimum Gasteiger partial charge on any atom is -0.368 e. The molecule has 2 heterocycles. The lowest BCUT2D eigenvalue weighted by Crippen LogP contribution is -2.47. The van der Waals surface area contributed by atoms with Gasteiger partial charge in [-0.15, -0.1) is 0 Å². The summed E-state index contributed by atoms with van der Waals surface area (Å²) in [4.78, 5) is 13.9. The fraction of sp³-hybridized carbons (Fsp3) is 0.304. The highest BCUT2D eigenvalue weighted by molar-refractivity contribution is 5.57. The summed E-state index contributed by atoms with van der Waals surface area (Å²) in [5.74, 6) is 1.62. The fourth-order valence-electron chi connectivity index (χ4n) is 3.53. The molecule has 28 heavy (non-hydrogen) atoms. The Balaban J connectivity index is 1.40. The van der Waals surface area contributed by atoms with Crippen LogP contribution in [0.3, 0.4) is 0 Å². The van der Waals surface area contributed by atoms with Crippen molar-refractivity contribution in [2.45, 2.75) is 20.3 Å². The largest absolute Gasteiger partial charge is 0.368 e. The predicted octanol–water partition coefficient (Wildman–Crippen LogP) is 4.42. The number of nitrogens with zero attached hydrogens (tertiary/aromatic N) is 4. The number of benzene rings is 2. The molecule has 0 aliphatic carbocycles. The summed E-state index contributed by atoms with van der Waals surface area (Å²) in [5, 5.41) is 3.39.